The normalized spacial score (nSPS) is 32.0. The van der Waals surface area contributed by atoms with Crippen LogP contribution in [-0.4, -0.2) is 102 Å². The van der Waals surface area contributed by atoms with Crippen LogP contribution in [0.15, 0.2) is 53.0 Å². The number of carbonyl (C=O) groups excluding carboxylic acids is 4. The number of aliphatic hydroxyl groups is 1. The number of hydrogen-bond acceptors (Lipinski definition) is 8. The molecule has 5 bridgehead atoms. The molecule has 5 rings (SSSR count). The fourth-order valence-corrected chi connectivity index (χ4v) is 8.11. The second kappa shape index (κ2) is 15.4. The largest absolute Gasteiger partial charge is 0.455 e. The molecule has 2 N–H and O–H groups in total. The molecule has 2 saturated heterocycles. The minimum absolute atomic E-state index is 0.0822. The average molecular weight is 717 g/mol. The molecule has 4 heterocycles. The van der Waals surface area contributed by atoms with Crippen LogP contribution < -0.4 is 5.32 Å². The first kappa shape index (κ1) is 35.3. The van der Waals surface area contributed by atoms with Gasteiger partial charge < -0.3 is 34.4 Å². The van der Waals surface area contributed by atoms with Crippen molar-refractivity contribution >= 4 is 39.6 Å². The highest BCUT2D eigenvalue weighted by molar-refractivity contribution is 9.11. The number of unbranched alkanes of at least 4 members (excludes halogenated alkanes) is 3. The molecule has 256 valence electrons. The molecule has 3 amide bonds. The third-order valence-electron chi connectivity index (χ3n) is 9.58. The minimum atomic E-state index is -1.36. The van der Waals surface area contributed by atoms with E-state index < -0.39 is 47.7 Å². The Labute approximate surface area is 284 Å². The van der Waals surface area contributed by atoms with Crippen molar-refractivity contribution in [3.05, 3.63) is 58.6 Å². The van der Waals surface area contributed by atoms with E-state index in [0.717, 1.165) is 12.8 Å². The lowest BCUT2D eigenvalue weighted by Gasteiger charge is -2.37. The standard InChI is InChI=1S/C35H46BrN3O8/c1-22(2)38-17-12-7-10-16-26(41)37-25(21-45-3)29(23-14-8-6-9-15-23)46-34(44)27-28-32(42)39(18-11-4-5-13-19-40)31(33(38)43)35(28)20-24(36)30(27)47-35/h6-9,12,14-15,20,22,25,27-31,40H,4-5,10-11,13,16-19,21H2,1-3H3,(H,37,41)/b12-7-/t25-,27+,28-,29-,30+,31+,35-/m1/s1. The van der Waals surface area contributed by atoms with Gasteiger partial charge in [0.05, 0.1) is 18.6 Å². The zero-order valence-electron chi connectivity index (χ0n) is 27.3. The monoisotopic (exact) mass is 715 g/mol. The number of esters is 1. The number of nitrogens with zero attached hydrogens (tertiary/aromatic N) is 2. The summed E-state index contributed by atoms with van der Waals surface area (Å²) in [6, 6.07) is 7.27. The first-order chi connectivity index (χ1) is 22.6. The topological polar surface area (TPSA) is 135 Å². The van der Waals surface area contributed by atoms with Crippen LogP contribution in [0.25, 0.3) is 0 Å². The second-order valence-corrected chi connectivity index (χ2v) is 13.9. The number of cyclic esters (lactones) is 1. The Hall–Kier alpha value is -3.06. The Morgan fingerprint density at radius 2 is 1.79 bits per heavy atom. The molecule has 11 nitrogen and oxygen atoms in total. The number of hydrogen-bond donors (Lipinski definition) is 2. The summed E-state index contributed by atoms with van der Waals surface area (Å²) in [7, 11) is 1.52. The SMILES string of the molecule is COC[C@H]1NC(=O)CC/C=C\CN(C(C)C)C(=O)[C@@H]2N(CCCCCCO)C(=O)[C@H]3[C@H](C(=O)O[C@@H]1c1ccccc1)[C@H]1O[C@@]23C=C1Br. The van der Waals surface area contributed by atoms with Crippen LogP contribution in [0.1, 0.15) is 64.0 Å². The highest BCUT2D eigenvalue weighted by Crippen LogP contribution is 2.59. The first-order valence-corrected chi connectivity index (χ1v) is 17.4. The molecule has 1 spiro atoms. The van der Waals surface area contributed by atoms with Crippen molar-refractivity contribution in [2.45, 2.75) is 88.3 Å². The molecule has 0 saturated carbocycles. The van der Waals surface area contributed by atoms with Crippen LogP contribution in [0.2, 0.25) is 0 Å². The number of methoxy groups -OCH3 is 1. The highest BCUT2D eigenvalue weighted by Gasteiger charge is 2.75. The van der Waals surface area contributed by atoms with E-state index >= 15 is 0 Å². The number of halogens is 1. The molecule has 4 aliphatic heterocycles. The molecular formula is C35H46BrN3O8. The summed E-state index contributed by atoms with van der Waals surface area (Å²) in [4.78, 5) is 59.9. The maximum Gasteiger partial charge on any atom is 0.313 e. The molecule has 7 atom stereocenters. The fraction of sp³-hybridized carbons (Fsp3) is 0.600. The van der Waals surface area contributed by atoms with Gasteiger partial charge in [-0.3, -0.25) is 19.2 Å². The van der Waals surface area contributed by atoms with Gasteiger partial charge in [-0.05, 0) is 44.7 Å². The lowest BCUT2D eigenvalue weighted by atomic mass is 9.74. The average Bonchev–Trinajstić information content (AvgIpc) is 3.64. The third kappa shape index (κ3) is 7.06. The molecule has 0 aromatic heterocycles. The van der Waals surface area contributed by atoms with Gasteiger partial charge in [0.1, 0.15) is 29.8 Å². The van der Waals surface area contributed by atoms with Crippen LogP contribution in [0.3, 0.4) is 0 Å². The number of fused-ring (bicyclic) bond motifs is 2. The fourth-order valence-electron chi connectivity index (χ4n) is 7.38. The molecular weight excluding hydrogens is 670 g/mol. The van der Waals surface area contributed by atoms with E-state index in [1.807, 2.05) is 62.4 Å². The Bertz CT molecular complexity index is 1370. The van der Waals surface area contributed by atoms with Crippen molar-refractivity contribution < 1.29 is 38.5 Å². The van der Waals surface area contributed by atoms with Gasteiger partial charge in [0.15, 0.2) is 0 Å². The molecule has 12 heteroatoms. The van der Waals surface area contributed by atoms with Gasteiger partial charge in [-0.25, -0.2) is 0 Å². The van der Waals surface area contributed by atoms with Gasteiger partial charge in [-0.15, -0.1) is 0 Å². The summed E-state index contributed by atoms with van der Waals surface area (Å²) in [6.45, 7) is 4.63. The van der Waals surface area contributed by atoms with E-state index in [1.54, 1.807) is 9.80 Å². The maximum atomic E-state index is 14.6. The molecule has 4 aliphatic rings. The predicted octanol–water partition coefficient (Wildman–Crippen LogP) is 3.42. The van der Waals surface area contributed by atoms with Crippen molar-refractivity contribution in [1.82, 2.24) is 15.1 Å². The number of nitrogens with one attached hydrogen (secondary N) is 1. The zero-order chi connectivity index (χ0) is 33.7. The molecule has 2 fully saturated rings. The van der Waals surface area contributed by atoms with Gasteiger partial charge in [-0.2, -0.15) is 0 Å². The molecule has 1 aromatic rings. The van der Waals surface area contributed by atoms with Crippen molar-refractivity contribution in [2.75, 3.05) is 33.4 Å². The summed E-state index contributed by atoms with van der Waals surface area (Å²) in [5.41, 5.74) is -0.697. The molecule has 1 aromatic carbocycles. The number of benzene rings is 1. The van der Waals surface area contributed by atoms with Crippen molar-refractivity contribution in [3.8, 4) is 0 Å². The van der Waals surface area contributed by atoms with Crippen LogP contribution in [0, 0.1) is 11.8 Å². The van der Waals surface area contributed by atoms with Gasteiger partial charge in [0.2, 0.25) is 17.7 Å². The Balaban J connectivity index is 1.58. The summed E-state index contributed by atoms with van der Waals surface area (Å²) in [6.07, 6.45) is 7.36. The second-order valence-electron chi connectivity index (χ2n) is 13.0. The predicted molar refractivity (Wildman–Crippen MR) is 177 cm³/mol. The van der Waals surface area contributed by atoms with E-state index in [-0.39, 0.29) is 49.9 Å². The van der Waals surface area contributed by atoms with E-state index in [0.29, 0.717) is 35.9 Å². The molecule has 0 unspecified atom stereocenters. The number of ether oxygens (including phenoxy) is 3. The van der Waals surface area contributed by atoms with Gasteiger partial charge in [-0.1, -0.05) is 71.3 Å². The van der Waals surface area contributed by atoms with Crippen LogP contribution in [0.4, 0.5) is 0 Å². The van der Waals surface area contributed by atoms with E-state index in [9.17, 15) is 24.3 Å². The number of carbonyl (C=O) groups is 4. The van der Waals surface area contributed by atoms with Crippen LogP contribution >= 0.6 is 15.9 Å². The van der Waals surface area contributed by atoms with Gasteiger partial charge in [0, 0.05) is 43.8 Å². The van der Waals surface area contributed by atoms with E-state index in [2.05, 4.69) is 21.2 Å². The van der Waals surface area contributed by atoms with E-state index in [1.165, 1.54) is 7.11 Å². The number of allylic oxidation sites excluding steroid dienone is 1. The quantitative estimate of drug-likeness (QED) is 0.214. The Kier molecular flexibility index (Phi) is 11.6. The lowest BCUT2D eigenvalue weighted by Crippen LogP contribution is -2.57. The summed E-state index contributed by atoms with van der Waals surface area (Å²) in [5.74, 6) is -3.45. The van der Waals surface area contributed by atoms with Gasteiger partial charge >= 0.3 is 5.97 Å². The highest BCUT2D eigenvalue weighted by atomic mass is 79.9. The van der Waals surface area contributed by atoms with E-state index in [4.69, 9.17) is 14.2 Å². The number of likely N-dealkylation sites (tertiary alicyclic amines) is 1. The third-order valence-corrected chi connectivity index (χ3v) is 10.3. The molecule has 0 radical (unpaired) electrons. The van der Waals surface area contributed by atoms with Crippen LogP contribution in [0.5, 0.6) is 0 Å². The molecule has 0 aliphatic carbocycles. The smallest absolute Gasteiger partial charge is 0.313 e. The number of aliphatic hydroxyl groups excluding tert-OH is 1. The van der Waals surface area contributed by atoms with Crippen molar-refractivity contribution in [1.29, 1.82) is 0 Å². The van der Waals surface area contributed by atoms with Gasteiger partial charge in [0.25, 0.3) is 0 Å². The zero-order valence-corrected chi connectivity index (χ0v) is 28.9. The summed E-state index contributed by atoms with van der Waals surface area (Å²) < 4.78 is 19.0. The van der Waals surface area contributed by atoms with Crippen LogP contribution in [-0.2, 0) is 33.4 Å². The lowest BCUT2D eigenvalue weighted by molar-refractivity contribution is -0.162. The Morgan fingerprint density at radius 1 is 1.04 bits per heavy atom. The molecule has 47 heavy (non-hydrogen) atoms. The number of rotatable bonds is 10. The Morgan fingerprint density at radius 3 is 2.49 bits per heavy atom. The van der Waals surface area contributed by atoms with Crippen molar-refractivity contribution in [3.63, 3.8) is 0 Å². The summed E-state index contributed by atoms with van der Waals surface area (Å²) >= 11 is 3.61. The number of amides is 3. The van der Waals surface area contributed by atoms with Crippen molar-refractivity contribution in [2.24, 2.45) is 11.8 Å². The minimum Gasteiger partial charge on any atom is -0.455 e. The maximum absolute atomic E-state index is 14.6. The first-order valence-electron chi connectivity index (χ1n) is 16.6. The summed E-state index contributed by atoms with van der Waals surface area (Å²) in [5, 5.41) is 12.2.